The van der Waals surface area contributed by atoms with Gasteiger partial charge in [0, 0.05) is 11.1 Å². The predicted molar refractivity (Wildman–Crippen MR) is 94.9 cm³/mol. The maximum absolute atomic E-state index is 12.7. The van der Waals surface area contributed by atoms with Gasteiger partial charge in [-0.2, -0.15) is 13.2 Å². The van der Waals surface area contributed by atoms with Crippen molar-refractivity contribution >= 4 is 35.1 Å². The van der Waals surface area contributed by atoms with Gasteiger partial charge in [0.1, 0.15) is 6.04 Å². The van der Waals surface area contributed by atoms with Crippen molar-refractivity contribution in [3.8, 4) is 0 Å². The molecule has 27 heavy (non-hydrogen) atoms. The van der Waals surface area contributed by atoms with E-state index in [9.17, 15) is 22.8 Å². The number of imide groups is 1. The first-order chi connectivity index (χ1) is 12.7. The number of aromatic nitrogens is 1. The van der Waals surface area contributed by atoms with Crippen LogP contribution in [0.2, 0.25) is 0 Å². The zero-order valence-corrected chi connectivity index (χ0v) is 14.9. The average molecular weight is 396 g/mol. The third-order valence-electron chi connectivity index (χ3n) is 4.10. The van der Waals surface area contributed by atoms with Crippen molar-refractivity contribution < 1.29 is 22.8 Å². The van der Waals surface area contributed by atoms with Gasteiger partial charge in [-0.1, -0.05) is 0 Å². The summed E-state index contributed by atoms with van der Waals surface area (Å²) in [7, 11) is 0. The molecule has 2 aromatic rings. The van der Waals surface area contributed by atoms with Crippen molar-refractivity contribution in [3.63, 3.8) is 0 Å². The number of benzene rings is 1. The lowest BCUT2D eigenvalue weighted by atomic mass is 10.2. The monoisotopic (exact) mass is 396 g/mol. The molecule has 1 saturated heterocycles. The predicted octanol–water partition coefficient (Wildman–Crippen LogP) is 3.63. The highest BCUT2D eigenvalue weighted by molar-refractivity contribution is 8.00. The molecule has 1 aromatic carbocycles. The Morgan fingerprint density at radius 2 is 1.85 bits per heavy atom. The molecule has 0 bridgehead atoms. The number of rotatable bonds is 4. The number of urea groups is 1. The number of nitrogens with zero attached hydrogens (tertiary/aromatic N) is 3. The maximum atomic E-state index is 12.7. The van der Waals surface area contributed by atoms with E-state index in [2.05, 4.69) is 4.98 Å². The van der Waals surface area contributed by atoms with Gasteiger partial charge >= 0.3 is 11.5 Å². The van der Waals surface area contributed by atoms with Crippen molar-refractivity contribution in [1.29, 1.82) is 0 Å². The van der Waals surface area contributed by atoms with Crippen LogP contribution < -0.4 is 10.6 Å². The normalized spacial score (nSPS) is 17.7. The fourth-order valence-electron chi connectivity index (χ4n) is 2.71. The highest BCUT2D eigenvalue weighted by atomic mass is 32.2. The third kappa shape index (κ3) is 4.00. The van der Waals surface area contributed by atoms with E-state index in [0.717, 1.165) is 4.90 Å². The number of carbonyl (C=O) groups excluding carboxylic acids is 2. The molecule has 1 unspecified atom stereocenters. The second kappa shape index (κ2) is 7.10. The van der Waals surface area contributed by atoms with Crippen LogP contribution in [-0.2, 0) is 11.3 Å². The molecule has 0 radical (unpaired) electrons. The van der Waals surface area contributed by atoms with Gasteiger partial charge in [-0.25, -0.2) is 9.69 Å². The number of nitrogens with two attached hydrogens (primary N) is 1. The second-order valence-corrected chi connectivity index (χ2v) is 7.01. The number of pyridine rings is 1. The van der Waals surface area contributed by atoms with E-state index in [-0.39, 0.29) is 28.9 Å². The summed E-state index contributed by atoms with van der Waals surface area (Å²) in [4.78, 5) is 31.5. The van der Waals surface area contributed by atoms with Crippen LogP contribution >= 0.6 is 11.8 Å². The molecular formula is C17H15F3N4O2S. The van der Waals surface area contributed by atoms with Crippen LogP contribution in [0, 0.1) is 0 Å². The van der Waals surface area contributed by atoms with Gasteiger partial charge < -0.3 is 10.6 Å². The standard InChI is InChI=1S/C17H15F3N4O2S/c1-10-15(25)24(12-2-4-13(5-3-12)27-17(18,19)20)16(26)23(10)9-11-6-7-22-8-14(11)21/h2-8,10H,9,21H2,1H3. The summed E-state index contributed by atoms with van der Waals surface area (Å²) < 4.78 is 37.3. The SMILES string of the molecule is CC1C(=O)N(c2ccc(SC(F)(F)F)cc2)C(=O)N1Cc1ccncc1N. The highest BCUT2D eigenvalue weighted by Gasteiger charge is 2.43. The van der Waals surface area contributed by atoms with E-state index in [4.69, 9.17) is 5.73 Å². The summed E-state index contributed by atoms with van der Waals surface area (Å²) in [6.07, 6.45) is 2.99. The maximum Gasteiger partial charge on any atom is 0.446 e. The Hall–Kier alpha value is -2.75. The molecule has 0 spiro atoms. The van der Waals surface area contributed by atoms with Crippen LogP contribution in [-0.4, -0.2) is 33.4 Å². The minimum absolute atomic E-state index is 0.0280. The first-order valence-electron chi connectivity index (χ1n) is 7.86. The summed E-state index contributed by atoms with van der Waals surface area (Å²) in [6.45, 7) is 1.71. The molecule has 2 heterocycles. The molecular weight excluding hydrogens is 381 g/mol. The van der Waals surface area contributed by atoms with Gasteiger partial charge in [-0.15, -0.1) is 0 Å². The molecule has 0 saturated carbocycles. The fraction of sp³-hybridized carbons (Fsp3) is 0.235. The number of amides is 3. The van der Waals surface area contributed by atoms with E-state index in [1.54, 1.807) is 13.0 Å². The Kier molecular flexibility index (Phi) is 5.01. The number of hydrogen-bond acceptors (Lipinski definition) is 5. The first kappa shape index (κ1) is 19.0. The third-order valence-corrected chi connectivity index (χ3v) is 4.84. The van der Waals surface area contributed by atoms with Gasteiger partial charge in [0.2, 0.25) is 0 Å². The van der Waals surface area contributed by atoms with E-state index < -0.39 is 23.5 Å². The molecule has 1 aliphatic rings. The summed E-state index contributed by atoms with van der Waals surface area (Å²) in [5, 5.41) is 0. The van der Waals surface area contributed by atoms with Crippen molar-refractivity contribution in [1.82, 2.24) is 9.88 Å². The van der Waals surface area contributed by atoms with Crippen molar-refractivity contribution in [2.45, 2.75) is 29.9 Å². The molecule has 3 rings (SSSR count). The molecule has 1 atom stereocenters. The van der Waals surface area contributed by atoms with Crippen molar-refractivity contribution in [2.24, 2.45) is 0 Å². The number of anilines is 2. The number of nitrogen functional groups attached to an aromatic ring is 1. The molecule has 10 heteroatoms. The van der Waals surface area contributed by atoms with Crippen LogP contribution in [0.15, 0.2) is 47.6 Å². The lowest BCUT2D eigenvalue weighted by Crippen LogP contribution is -2.33. The molecule has 142 valence electrons. The topological polar surface area (TPSA) is 79.5 Å². The van der Waals surface area contributed by atoms with Crippen LogP contribution in [0.3, 0.4) is 0 Å². The quantitative estimate of drug-likeness (QED) is 0.631. The van der Waals surface area contributed by atoms with Gasteiger partial charge in [0.15, 0.2) is 0 Å². The molecule has 3 amide bonds. The Balaban J connectivity index is 1.82. The van der Waals surface area contributed by atoms with Gasteiger partial charge in [-0.3, -0.25) is 9.78 Å². The van der Waals surface area contributed by atoms with Crippen LogP contribution in [0.1, 0.15) is 12.5 Å². The largest absolute Gasteiger partial charge is 0.446 e. The van der Waals surface area contributed by atoms with Crippen LogP contribution in [0.5, 0.6) is 0 Å². The Bertz CT molecular complexity index is 873. The molecule has 1 fully saturated rings. The van der Waals surface area contributed by atoms with Crippen LogP contribution in [0.4, 0.5) is 29.3 Å². The molecule has 6 nitrogen and oxygen atoms in total. The average Bonchev–Trinajstić information content (AvgIpc) is 2.80. The zero-order chi connectivity index (χ0) is 19.8. The number of halogens is 3. The fourth-order valence-corrected chi connectivity index (χ4v) is 3.25. The number of alkyl halides is 3. The minimum Gasteiger partial charge on any atom is -0.397 e. The molecule has 2 N–H and O–H groups in total. The second-order valence-electron chi connectivity index (χ2n) is 5.88. The molecule has 0 aliphatic carbocycles. The Labute approximate surface area is 157 Å². The van der Waals surface area contributed by atoms with Gasteiger partial charge in [0.25, 0.3) is 5.91 Å². The van der Waals surface area contributed by atoms with Gasteiger partial charge in [-0.05, 0) is 54.6 Å². The minimum atomic E-state index is -4.41. The number of thioether (sulfide) groups is 1. The summed E-state index contributed by atoms with van der Waals surface area (Å²) in [5.41, 5.74) is 2.70. The van der Waals surface area contributed by atoms with E-state index >= 15 is 0 Å². The Morgan fingerprint density at radius 1 is 1.19 bits per heavy atom. The highest BCUT2D eigenvalue weighted by Crippen LogP contribution is 2.38. The van der Waals surface area contributed by atoms with Crippen molar-refractivity contribution in [2.75, 3.05) is 10.6 Å². The van der Waals surface area contributed by atoms with E-state index in [1.165, 1.54) is 41.6 Å². The number of carbonyl (C=O) groups is 2. The van der Waals surface area contributed by atoms with E-state index in [0.29, 0.717) is 11.3 Å². The van der Waals surface area contributed by atoms with Gasteiger partial charge in [0.05, 0.1) is 24.1 Å². The molecule has 1 aromatic heterocycles. The summed E-state index contributed by atoms with van der Waals surface area (Å²) in [5.74, 6) is -0.455. The first-order valence-corrected chi connectivity index (χ1v) is 8.68. The lowest BCUT2D eigenvalue weighted by molar-refractivity contribution is -0.119. The number of hydrogen-bond donors (Lipinski definition) is 1. The lowest BCUT2D eigenvalue weighted by Gasteiger charge is -2.20. The zero-order valence-electron chi connectivity index (χ0n) is 14.1. The van der Waals surface area contributed by atoms with E-state index in [1.807, 2.05) is 0 Å². The smallest absolute Gasteiger partial charge is 0.397 e. The summed E-state index contributed by atoms with van der Waals surface area (Å²) in [6, 6.07) is 5.46. The Morgan fingerprint density at radius 3 is 2.44 bits per heavy atom. The van der Waals surface area contributed by atoms with Crippen LogP contribution in [0.25, 0.3) is 0 Å². The summed E-state index contributed by atoms with van der Waals surface area (Å²) >= 11 is -0.261. The molecule has 1 aliphatic heterocycles. The van der Waals surface area contributed by atoms with Crippen molar-refractivity contribution in [3.05, 3.63) is 48.3 Å².